The predicted molar refractivity (Wildman–Crippen MR) is 82.4 cm³/mol. The van der Waals surface area contributed by atoms with Crippen LogP contribution in [0.5, 0.6) is 0 Å². The number of anilines is 1. The third-order valence-electron chi connectivity index (χ3n) is 3.48. The lowest BCUT2D eigenvalue weighted by atomic mass is 10.1. The highest BCUT2D eigenvalue weighted by atomic mass is 16.5. The first kappa shape index (κ1) is 14.1. The van der Waals surface area contributed by atoms with E-state index in [4.69, 9.17) is 10.5 Å². The molecule has 0 aliphatic carbocycles. The number of nitrogens with two attached hydrogens (primary N) is 1. The van der Waals surface area contributed by atoms with Gasteiger partial charge in [-0.25, -0.2) is 9.97 Å². The van der Waals surface area contributed by atoms with E-state index in [2.05, 4.69) is 9.97 Å². The zero-order chi connectivity index (χ0) is 15.5. The molecule has 0 atom stereocenters. The first-order valence-corrected chi connectivity index (χ1v) is 6.88. The van der Waals surface area contributed by atoms with Crippen LogP contribution < -0.4 is 5.73 Å². The molecule has 0 aliphatic heterocycles. The van der Waals surface area contributed by atoms with E-state index in [0.29, 0.717) is 6.42 Å². The topological polar surface area (TPSA) is 82.5 Å². The van der Waals surface area contributed by atoms with Crippen molar-refractivity contribution in [3.63, 3.8) is 0 Å². The molecule has 3 aromatic rings. The number of carbonyl (C=O) groups is 1. The SMILES string of the molecule is COC(=O)Cc1cnc(Cc2ccc(N)cc2)n2ccnc12. The fourth-order valence-electron chi connectivity index (χ4n) is 2.32. The second kappa shape index (κ2) is 5.85. The molecule has 0 saturated heterocycles. The molecule has 0 radical (unpaired) electrons. The average Bonchev–Trinajstić information content (AvgIpc) is 3.02. The minimum absolute atomic E-state index is 0.159. The van der Waals surface area contributed by atoms with Crippen molar-refractivity contribution in [3.05, 3.63) is 59.8 Å². The van der Waals surface area contributed by atoms with Crippen molar-refractivity contribution in [1.29, 1.82) is 0 Å². The Labute approximate surface area is 127 Å². The molecule has 0 bridgehead atoms. The molecule has 2 N–H and O–H groups in total. The summed E-state index contributed by atoms with van der Waals surface area (Å²) in [5.41, 5.74) is 9.02. The Kier molecular flexibility index (Phi) is 3.74. The van der Waals surface area contributed by atoms with E-state index < -0.39 is 0 Å². The predicted octanol–water partition coefficient (Wildman–Crippen LogP) is 1.62. The van der Waals surface area contributed by atoms with Gasteiger partial charge in [-0.15, -0.1) is 0 Å². The minimum Gasteiger partial charge on any atom is -0.469 e. The molecule has 22 heavy (non-hydrogen) atoms. The van der Waals surface area contributed by atoms with E-state index in [9.17, 15) is 4.79 Å². The third kappa shape index (κ3) is 2.76. The summed E-state index contributed by atoms with van der Waals surface area (Å²) in [5, 5.41) is 0. The van der Waals surface area contributed by atoms with Crippen LogP contribution in [0.2, 0.25) is 0 Å². The highest BCUT2D eigenvalue weighted by molar-refractivity contribution is 5.74. The molecule has 0 fully saturated rings. The van der Waals surface area contributed by atoms with E-state index in [1.54, 1.807) is 12.4 Å². The standard InChI is InChI=1S/C16H16N4O2/c1-22-15(21)9-12-10-19-14(20-7-6-18-16(12)20)8-11-2-4-13(17)5-3-11/h2-7,10H,8-9,17H2,1H3. The van der Waals surface area contributed by atoms with Crippen molar-refractivity contribution >= 4 is 17.3 Å². The van der Waals surface area contributed by atoms with Gasteiger partial charge in [0.1, 0.15) is 11.5 Å². The largest absolute Gasteiger partial charge is 0.469 e. The van der Waals surface area contributed by atoms with Crippen LogP contribution in [-0.2, 0) is 22.4 Å². The van der Waals surface area contributed by atoms with Gasteiger partial charge in [0.15, 0.2) is 0 Å². The van der Waals surface area contributed by atoms with Crippen LogP contribution in [0.4, 0.5) is 5.69 Å². The van der Waals surface area contributed by atoms with Crippen LogP contribution in [-0.4, -0.2) is 27.4 Å². The highest BCUT2D eigenvalue weighted by Gasteiger charge is 2.12. The van der Waals surface area contributed by atoms with Gasteiger partial charge < -0.3 is 10.5 Å². The number of rotatable bonds is 4. The molecule has 0 amide bonds. The number of hydrogen-bond acceptors (Lipinski definition) is 5. The molecule has 0 saturated carbocycles. The molecule has 2 heterocycles. The smallest absolute Gasteiger partial charge is 0.310 e. The van der Waals surface area contributed by atoms with Crippen molar-refractivity contribution < 1.29 is 9.53 Å². The molecular formula is C16H16N4O2. The molecule has 1 aromatic carbocycles. The van der Waals surface area contributed by atoms with Crippen molar-refractivity contribution in [2.45, 2.75) is 12.8 Å². The summed E-state index contributed by atoms with van der Waals surface area (Å²) in [6, 6.07) is 7.68. The second-order valence-electron chi connectivity index (χ2n) is 4.99. The number of nitrogen functional groups attached to an aromatic ring is 1. The Bertz CT molecular complexity index is 809. The Balaban J connectivity index is 1.94. The van der Waals surface area contributed by atoms with E-state index in [0.717, 1.165) is 28.3 Å². The summed E-state index contributed by atoms with van der Waals surface area (Å²) in [7, 11) is 1.37. The van der Waals surface area contributed by atoms with E-state index in [1.807, 2.05) is 34.9 Å². The summed E-state index contributed by atoms with van der Waals surface area (Å²) >= 11 is 0. The van der Waals surface area contributed by atoms with Crippen LogP contribution in [0.15, 0.2) is 42.9 Å². The molecule has 6 nitrogen and oxygen atoms in total. The average molecular weight is 296 g/mol. The molecule has 0 unspecified atom stereocenters. The lowest BCUT2D eigenvalue weighted by Crippen LogP contribution is -2.09. The molecule has 3 rings (SSSR count). The van der Waals surface area contributed by atoms with Gasteiger partial charge in [0, 0.05) is 36.3 Å². The fraction of sp³-hybridized carbons (Fsp3) is 0.188. The third-order valence-corrected chi connectivity index (χ3v) is 3.48. The molecular weight excluding hydrogens is 280 g/mol. The van der Waals surface area contributed by atoms with Crippen LogP contribution in [0.25, 0.3) is 5.65 Å². The summed E-state index contributed by atoms with van der Waals surface area (Å²) in [6.45, 7) is 0. The highest BCUT2D eigenvalue weighted by Crippen LogP contribution is 2.15. The zero-order valence-corrected chi connectivity index (χ0v) is 12.2. The van der Waals surface area contributed by atoms with Crippen molar-refractivity contribution in [1.82, 2.24) is 14.4 Å². The molecule has 112 valence electrons. The number of nitrogens with zero attached hydrogens (tertiary/aromatic N) is 3. The number of hydrogen-bond donors (Lipinski definition) is 1. The molecule has 2 aromatic heterocycles. The van der Waals surface area contributed by atoms with E-state index in [1.165, 1.54) is 7.11 Å². The Morgan fingerprint density at radius 2 is 2.05 bits per heavy atom. The maximum atomic E-state index is 11.5. The maximum absolute atomic E-state index is 11.5. The Morgan fingerprint density at radius 3 is 2.77 bits per heavy atom. The van der Waals surface area contributed by atoms with Gasteiger partial charge in [-0.1, -0.05) is 12.1 Å². The van der Waals surface area contributed by atoms with Crippen LogP contribution >= 0.6 is 0 Å². The van der Waals surface area contributed by atoms with Crippen molar-refractivity contribution in [2.75, 3.05) is 12.8 Å². The summed E-state index contributed by atoms with van der Waals surface area (Å²) in [6.07, 6.45) is 6.05. The second-order valence-corrected chi connectivity index (χ2v) is 4.99. The summed E-state index contributed by atoms with van der Waals surface area (Å²) in [5.74, 6) is 0.545. The number of aromatic nitrogens is 3. The molecule has 0 spiro atoms. The number of fused-ring (bicyclic) bond motifs is 1. The number of imidazole rings is 1. The van der Waals surface area contributed by atoms with Crippen molar-refractivity contribution in [2.24, 2.45) is 0 Å². The van der Waals surface area contributed by atoms with E-state index >= 15 is 0 Å². The van der Waals surface area contributed by atoms with Crippen molar-refractivity contribution in [3.8, 4) is 0 Å². The number of benzene rings is 1. The Hall–Kier alpha value is -2.89. The molecule has 6 heteroatoms. The normalized spacial score (nSPS) is 10.8. The van der Waals surface area contributed by atoms with Gasteiger partial charge in [0.05, 0.1) is 13.5 Å². The van der Waals surface area contributed by atoms with Gasteiger partial charge in [-0.3, -0.25) is 9.20 Å². The minimum atomic E-state index is -0.307. The lowest BCUT2D eigenvalue weighted by molar-refractivity contribution is -0.139. The summed E-state index contributed by atoms with van der Waals surface area (Å²) in [4.78, 5) is 20.2. The number of esters is 1. The molecule has 0 aliphatic rings. The van der Waals surface area contributed by atoms with Crippen LogP contribution in [0.3, 0.4) is 0 Å². The van der Waals surface area contributed by atoms with Gasteiger partial charge >= 0.3 is 5.97 Å². The maximum Gasteiger partial charge on any atom is 0.310 e. The van der Waals surface area contributed by atoms with Crippen LogP contribution in [0.1, 0.15) is 17.0 Å². The van der Waals surface area contributed by atoms with Gasteiger partial charge in [-0.2, -0.15) is 0 Å². The first-order valence-electron chi connectivity index (χ1n) is 6.88. The Morgan fingerprint density at radius 1 is 1.27 bits per heavy atom. The van der Waals surface area contributed by atoms with Gasteiger partial charge in [0.25, 0.3) is 0 Å². The summed E-state index contributed by atoms with van der Waals surface area (Å²) < 4.78 is 6.60. The number of carbonyl (C=O) groups excluding carboxylic acids is 1. The first-order chi connectivity index (χ1) is 10.7. The number of methoxy groups -OCH3 is 1. The fourth-order valence-corrected chi connectivity index (χ4v) is 2.32. The van der Waals surface area contributed by atoms with Gasteiger partial charge in [-0.05, 0) is 17.7 Å². The zero-order valence-electron chi connectivity index (χ0n) is 12.2. The van der Waals surface area contributed by atoms with Crippen LogP contribution in [0, 0.1) is 0 Å². The quantitative estimate of drug-likeness (QED) is 0.584. The van der Waals surface area contributed by atoms with Gasteiger partial charge in [0.2, 0.25) is 0 Å². The van der Waals surface area contributed by atoms with E-state index in [-0.39, 0.29) is 12.4 Å². The lowest BCUT2D eigenvalue weighted by Gasteiger charge is -2.08. The number of ether oxygens (including phenoxy) is 1. The monoisotopic (exact) mass is 296 g/mol.